The van der Waals surface area contributed by atoms with Crippen molar-refractivity contribution < 1.29 is 18.7 Å². The Morgan fingerprint density at radius 1 is 0.944 bits per heavy atom. The second-order valence-corrected chi connectivity index (χ2v) is 9.35. The van der Waals surface area contributed by atoms with Crippen LogP contribution < -0.4 is 9.47 Å². The summed E-state index contributed by atoms with van der Waals surface area (Å²) in [5.41, 5.74) is 4.14. The molecule has 5 rings (SSSR count). The summed E-state index contributed by atoms with van der Waals surface area (Å²) in [6.07, 6.45) is 4.61. The van der Waals surface area contributed by atoms with Gasteiger partial charge in [-0.1, -0.05) is 30.3 Å². The van der Waals surface area contributed by atoms with Gasteiger partial charge in [0.25, 0.3) is 0 Å². The van der Waals surface area contributed by atoms with Gasteiger partial charge in [0.1, 0.15) is 17.3 Å². The molecule has 5 nitrogen and oxygen atoms in total. The minimum atomic E-state index is -0.246. The lowest BCUT2D eigenvalue weighted by Crippen LogP contribution is -2.29. The summed E-state index contributed by atoms with van der Waals surface area (Å²) >= 11 is 0. The first kappa shape index (κ1) is 23.9. The molecule has 3 aromatic carbocycles. The average molecular weight is 487 g/mol. The number of carbonyl (C=O) groups excluding carboxylic acids is 1. The van der Waals surface area contributed by atoms with Crippen molar-refractivity contribution in [3.63, 3.8) is 0 Å². The molecule has 36 heavy (non-hydrogen) atoms. The number of halogens is 1. The van der Waals surface area contributed by atoms with Gasteiger partial charge in [0.05, 0.1) is 14.2 Å². The predicted molar refractivity (Wildman–Crippen MR) is 139 cm³/mol. The van der Waals surface area contributed by atoms with Crippen molar-refractivity contribution in [2.24, 2.45) is 0 Å². The molecule has 1 aromatic heterocycles. The van der Waals surface area contributed by atoms with Crippen LogP contribution in [0.1, 0.15) is 41.9 Å². The number of nitrogens with zero attached hydrogens (tertiary/aromatic N) is 2. The van der Waals surface area contributed by atoms with Crippen LogP contribution in [0.3, 0.4) is 0 Å². The minimum Gasteiger partial charge on any atom is -0.497 e. The van der Waals surface area contributed by atoms with Gasteiger partial charge >= 0.3 is 0 Å². The van der Waals surface area contributed by atoms with Gasteiger partial charge in [-0.05, 0) is 59.9 Å². The van der Waals surface area contributed by atoms with Crippen LogP contribution in [0.25, 0.3) is 10.9 Å². The lowest BCUT2D eigenvalue weighted by atomic mass is 9.87. The van der Waals surface area contributed by atoms with Gasteiger partial charge in [0, 0.05) is 55.1 Å². The summed E-state index contributed by atoms with van der Waals surface area (Å²) < 4.78 is 26.8. The number of amides is 1. The maximum absolute atomic E-state index is 13.5. The maximum atomic E-state index is 13.5. The molecular formula is C30H31FN2O3. The molecule has 1 aliphatic rings. The molecule has 0 spiro atoms. The van der Waals surface area contributed by atoms with Gasteiger partial charge in [0.15, 0.2) is 0 Å². The highest BCUT2D eigenvalue weighted by molar-refractivity contribution is 5.87. The zero-order chi connectivity index (χ0) is 25.1. The van der Waals surface area contributed by atoms with Crippen LogP contribution >= 0.6 is 0 Å². The summed E-state index contributed by atoms with van der Waals surface area (Å²) in [7, 11) is 3.27. The second-order valence-electron chi connectivity index (χ2n) is 9.35. The molecule has 1 atom stereocenters. The van der Waals surface area contributed by atoms with E-state index in [-0.39, 0.29) is 17.6 Å². The third-order valence-electron chi connectivity index (χ3n) is 7.07. The third-order valence-corrected chi connectivity index (χ3v) is 7.07. The number of carbonyl (C=O) groups is 1. The van der Waals surface area contributed by atoms with E-state index in [2.05, 4.69) is 22.9 Å². The number of hydrogen-bond donors (Lipinski definition) is 0. The largest absolute Gasteiger partial charge is 0.497 e. The zero-order valence-corrected chi connectivity index (χ0v) is 20.7. The van der Waals surface area contributed by atoms with E-state index in [1.54, 1.807) is 14.2 Å². The van der Waals surface area contributed by atoms with Crippen LogP contribution in [0, 0.1) is 5.82 Å². The molecule has 1 amide bonds. The Bertz CT molecular complexity index is 1330. The van der Waals surface area contributed by atoms with Gasteiger partial charge in [-0.2, -0.15) is 0 Å². The van der Waals surface area contributed by atoms with Crippen molar-refractivity contribution in [2.45, 2.75) is 31.7 Å². The molecule has 4 aromatic rings. The van der Waals surface area contributed by atoms with Crippen molar-refractivity contribution in [3.8, 4) is 11.5 Å². The van der Waals surface area contributed by atoms with Gasteiger partial charge in [-0.25, -0.2) is 4.39 Å². The number of rotatable bonds is 8. The zero-order valence-electron chi connectivity index (χ0n) is 20.7. The minimum absolute atomic E-state index is 0.162. The smallest absolute Gasteiger partial charge is 0.223 e. The summed E-state index contributed by atoms with van der Waals surface area (Å²) in [5.74, 6) is 1.12. The Morgan fingerprint density at radius 2 is 1.61 bits per heavy atom. The molecule has 1 unspecified atom stereocenters. The number of ether oxygens (including phenoxy) is 2. The van der Waals surface area contributed by atoms with E-state index in [9.17, 15) is 9.18 Å². The van der Waals surface area contributed by atoms with E-state index >= 15 is 0 Å². The second kappa shape index (κ2) is 10.4. The molecular weight excluding hydrogens is 455 g/mol. The van der Waals surface area contributed by atoms with Crippen molar-refractivity contribution in [2.75, 3.05) is 27.3 Å². The quantitative estimate of drug-likeness (QED) is 0.307. The van der Waals surface area contributed by atoms with Crippen LogP contribution in [0.15, 0.2) is 72.9 Å². The maximum Gasteiger partial charge on any atom is 0.223 e. The molecule has 0 N–H and O–H groups in total. The standard InChI is InChI=1S/C30H31FN2O3/c1-35-24-15-22(16-25(17-24)36-2)27(18-30(34)32-13-5-6-14-32)28-20-33(29-8-4-3-7-26(28)29)19-21-9-11-23(31)12-10-21/h3-4,7-12,15-17,20,27H,5-6,13-14,18-19H2,1-2H3. The fourth-order valence-electron chi connectivity index (χ4n) is 5.18. The molecule has 1 aliphatic heterocycles. The normalized spacial score (nSPS) is 14.2. The third kappa shape index (κ3) is 4.94. The number of hydrogen-bond acceptors (Lipinski definition) is 3. The summed E-state index contributed by atoms with van der Waals surface area (Å²) in [5, 5.41) is 1.10. The molecule has 186 valence electrons. The average Bonchev–Trinajstić information content (AvgIpc) is 3.57. The molecule has 1 saturated heterocycles. The Morgan fingerprint density at radius 3 is 2.28 bits per heavy atom. The van der Waals surface area contributed by atoms with Crippen LogP contribution in [-0.2, 0) is 11.3 Å². The van der Waals surface area contributed by atoms with E-state index in [1.165, 1.54) is 12.1 Å². The van der Waals surface area contributed by atoms with Gasteiger partial charge in [-0.15, -0.1) is 0 Å². The Labute approximate surface area is 211 Å². The molecule has 0 bridgehead atoms. The van der Waals surface area contributed by atoms with Crippen molar-refractivity contribution in [1.82, 2.24) is 9.47 Å². The number of benzene rings is 3. The van der Waals surface area contributed by atoms with E-state index in [0.717, 1.165) is 53.5 Å². The van der Waals surface area contributed by atoms with Crippen molar-refractivity contribution in [1.29, 1.82) is 0 Å². The van der Waals surface area contributed by atoms with Crippen molar-refractivity contribution in [3.05, 3.63) is 95.4 Å². The fraction of sp³-hybridized carbons (Fsp3) is 0.300. The molecule has 2 heterocycles. The lowest BCUT2D eigenvalue weighted by molar-refractivity contribution is -0.130. The molecule has 0 saturated carbocycles. The van der Waals surface area contributed by atoms with Crippen molar-refractivity contribution >= 4 is 16.8 Å². The predicted octanol–water partition coefficient (Wildman–Crippen LogP) is 5.99. The topological polar surface area (TPSA) is 43.7 Å². The SMILES string of the molecule is COc1cc(OC)cc(C(CC(=O)N2CCCC2)c2cn(Cc3ccc(F)cc3)c3ccccc23)c1. The number of methoxy groups -OCH3 is 2. The number of fused-ring (bicyclic) bond motifs is 1. The van der Waals surface area contributed by atoms with Crippen LogP contribution in [0.2, 0.25) is 0 Å². The molecule has 6 heteroatoms. The van der Waals surface area contributed by atoms with Crippen LogP contribution in [0.5, 0.6) is 11.5 Å². The monoisotopic (exact) mass is 486 g/mol. The van der Waals surface area contributed by atoms with E-state index in [4.69, 9.17) is 9.47 Å². The molecule has 0 aliphatic carbocycles. The fourth-order valence-corrected chi connectivity index (χ4v) is 5.18. The Hall–Kier alpha value is -3.80. The first-order chi connectivity index (χ1) is 17.6. The van der Waals surface area contributed by atoms with Gasteiger partial charge in [0.2, 0.25) is 5.91 Å². The highest BCUT2D eigenvalue weighted by atomic mass is 19.1. The highest BCUT2D eigenvalue weighted by Gasteiger charge is 2.27. The number of para-hydroxylation sites is 1. The van der Waals surface area contributed by atoms with E-state index in [0.29, 0.717) is 24.5 Å². The summed E-state index contributed by atoms with van der Waals surface area (Å²) in [6.45, 7) is 2.24. The highest BCUT2D eigenvalue weighted by Crippen LogP contribution is 2.38. The van der Waals surface area contributed by atoms with Crippen LogP contribution in [-0.4, -0.2) is 42.7 Å². The first-order valence-corrected chi connectivity index (χ1v) is 12.4. The lowest BCUT2D eigenvalue weighted by Gasteiger charge is -2.22. The van der Waals surface area contributed by atoms with E-state index < -0.39 is 0 Å². The number of aromatic nitrogens is 1. The van der Waals surface area contributed by atoms with Gasteiger partial charge in [-0.3, -0.25) is 4.79 Å². The Balaban J connectivity index is 1.61. The van der Waals surface area contributed by atoms with Gasteiger partial charge < -0.3 is 18.9 Å². The summed E-state index contributed by atoms with van der Waals surface area (Å²) in [6, 6.07) is 20.7. The first-order valence-electron chi connectivity index (χ1n) is 12.4. The molecule has 1 fully saturated rings. The Kier molecular flexibility index (Phi) is 6.94. The summed E-state index contributed by atoms with van der Waals surface area (Å²) in [4.78, 5) is 15.4. The van der Waals surface area contributed by atoms with Crippen LogP contribution in [0.4, 0.5) is 4.39 Å². The molecule has 0 radical (unpaired) electrons. The van der Waals surface area contributed by atoms with E-state index in [1.807, 2.05) is 47.4 Å². The number of likely N-dealkylation sites (tertiary alicyclic amines) is 1.